The van der Waals surface area contributed by atoms with Crippen molar-refractivity contribution in [1.82, 2.24) is 10.2 Å². The van der Waals surface area contributed by atoms with E-state index < -0.39 is 12.6 Å². The van der Waals surface area contributed by atoms with Gasteiger partial charge in [-0.25, -0.2) is 0 Å². The summed E-state index contributed by atoms with van der Waals surface area (Å²) in [5.41, 5.74) is 0.696. The Kier molecular flexibility index (Phi) is 6.96. The van der Waals surface area contributed by atoms with Crippen molar-refractivity contribution in [3.05, 3.63) is 28.8 Å². The second-order valence-electron chi connectivity index (χ2n) is 4.84. The molecule has 0 aliphatic carbocycles. The van der Waals surface area contributed by atoms with Gasteiger partial charge in [-0.05, 0) is 25.2 Å². The van der Waals surface area contributed by atoms with Crippen LogP contribution in [-0.4, -0.2) is 44.2 Å². The number of amides is 1. The topological polar surface area (TPSA) is 41.6 Å². The zero-order valence-electron chi connectivity index (χ0n) is 12.3. The molecule has 1 amide bonds. The molecule has 0 aromatic heterocycles. The quantitative estimate of drug-likeness (QED) is 0.831. The van der Waals surface area contributed by atoms with Gasteiger partial charge < -0.3 is 10.1 Å². The van der Waals surface area contributed by atoms with Gasteiger partial charge >= 0.3 is 6.18 Å². The number of nitrogens with zero attached hydrogens (tertiary/aromatic N) is 1. The minimum atomic E-state index is -4.22. The van der Waals surface area contributed by atoms with Crippen LogP contribution >= 0.6 is 11.6 Å². The molecule has 0 heterocycles. The number of methoxy groups -OCH3 is 1. The Balaban J connectivity index is 2.44. The number of ether oxygens (including phenoxy) is 1. The van der Waals surface area contributed by atoms with Crippen molar-refractivity contribution >= 4 is 17.5 Å². The number of nitrogens with one attached hydrogen (secondary N) is 1. The van der Waals surface area contributed by atoms with Crippen LogP contribution in [0.15, 0.2) is 18.2 Å². The third-order valence-corrected chi connectivity index (χ3v) is 3.14. The minimum absolute atomic E-state index is 0.112. The number of hydrogen-bond acceptors (Lipinski definition) is 3. The van der Waals surface area contributed by atoms with Crippen LogP contribution in [-0.2, 0) is 11.3 Å². The van der Waals surface area contributed by atoms with Gasteiger partial charge in [0, 0.05) is 23.7 Å². The van der Waals surface area contributed by atoms with Gasteiger partial charge in [-0.1, -0.05) is 11.6 Å². The highest BCUT2D eigenvalue weighted by Crippen LogP contribution is 2.22. The number of hydrogen-bond donors (Lipinski definition) is 1. The first-order valence-corrected chi connectivity index (χ1v) is 6.93. The lowest BCUT2D eigenvalue weighted by Gasteiger charge is -2.17. The van der Waals surface area contributed by atoms with Crippen molar-refractivity contribution in [1.29, 1.82) is 0 Å². The Labute approximate surface area is 132 Å². The molecule has 0 radical (unpaired) electrons. The molecule has 0 unspecified atom stereocenters. The predicted molar refractivity (Wildman–Crippen MR) is 78.0 cm³/mol. The molecule has 0 bridgehead atoms. The van der Waals surface area contributed by atoms with Crippen molar-refractivity contribution in [3.63, 3.8) is 0 Å². The van der Waals surface area contributed by atoms with Crippen molar-refractivity contribution < 1.29 is 22.7 Å². The van der Waals surface area contributed by atoms with E-state index in [-0.39, 0.29) is 25.5 Å². The predicted octanol–water partition coefficient (Wildman–Crippen LogP) is 2.85. The summed E-state index contributed by atoms with van der Waals surface area (Å²) in [6.45, 7) is -0.147. The lowest BCUT2D eigenvalue weighted by molar-refractivity contribution is -0.139. The van der Waals surface area contributed by atoms with Gasteiger partial charge in [0.1, 0.15) is 5.75 Å². The standard InChI is InChI=1S/C14H18ClF3N2O2/c1-20(6-5-14(16,17)18)9-13(21)19-8-10-7-11(15)3-4-12(10)22-2/h3-4,7H,5-6,8-9H2,1-2H3,(H,19,21). The molecule has 0 atom stereocenters. The largest absolute Gasteiger partial charge is 0.496 e. The Morgan fingerprint density at radius 1 is 1.41 bits per heavy atom. The second kappa shape index (κ2) is 8.24. The number of halogens is 4. The van der Waals surface area contributed by atoms with E-state index >= 15 is 0 Å². The van der Waals surface area contributed by atoms with E-state index in [9.17, 15) is 18.0 Å². The molecule has 1 aromatic carbocycles. The molecule has 124 valence electrons. The van der Waals surface area contributed by atoms with Crippen LogP contribution in [0.4, 0.5) is 13.2 Å². The van der Waals surface area contributed by atoms with E-state index in [0.29, 0.717) is 16.3 Å². The maximum atomic E-state index is 12.1. The molecular formula is C14H18ClF3N2O2. The first-order valence-electron chi connectivity index (χ1n) is 6.55. The summed E-state index contributed by atoms with van der Waals surface area (Å²) < 4.78 is 41.4. The fourth-order valence-corrected chi connectivity index (χ4v) is 1.97. The van der Waals surface area contributed by atoms with Gasteiger partial charge in [0.2, 0.25) is 5.91 Å². The normalized spacial score (nSPS) is 11.6. The first kappa shape index (κ1) is 18.6. The van der Waals surface area contributed by atoms with Crippen LogP contribution in [0.25, 0.3) is 0 Å². The molecule has 0 saturated heterocycles. The SMILES string of the molecule is COc1ccc(Cl)cc1CNC(=O)CN(C)CCC(F)(F)F. The number of carbonyl (C=O) groups is 1. The van der Waals surface area contributed by atoms with Gasteiger partial charge in [0.05, 0.1) is 20.1 Å². The van der Waals surface area contributed by atoms with Crippen LogP contribution < -0.4 is 10.1 Å². The smallest absolute Gasteiger partial charge is 0.390 e. The van der Waals surface area contributed by atoms with E-state index in [4.69, 9.17) is 16.3 Å². The fraction of sp³-hybridized carbons (Fsp3) is 0.500. The second-order valence-corrected chi connectivity index (χ2v) is 5.27. The molecule has 0 saturated carbocycles. The summed E-state index contributed by atoms with van der Waals surface area (Å²) in [6.07, 6.45) is -5.17. The third kappa shape index (κ3) is 7.00. The molecule has 0 spiro atoms. The fourth-order valence-electron chi connectivity index (χ4n) is 1.78. The molecular weight excluding hydrogens is 321 g/mol. The van der Waals surface area contributed by atoms with Gasteiger partial charge in [-0.3, -0.25) is 9.69 Å². The van der Waals surface area contributed by atoms with Crippen LogP contribution in [0.2, 0.25) is 5.02 Å². The molecule has 0 aliphatic rings. The maximum Gasteiger partial charge on any atom is 0.390 e. The van der Waals surface area contributed by atoms with E-state index in [2.05, 4.69) is 5.32 Å². The zero-order chi connectivity index (χ0) is 16.8. The van der Waals surface area contributed by atoms with Crippen LogP contribution in [0.5, 0.6) is 5.75 Å². The highest BCUT2D eigenvalue weighted by atomic mass is 35.5. The minimum Gasteiger partial charge on any atom is -0.496 e. The maximum absolute atomic E-state index is 12.1. The van der Waals surface area contributed by atoms with Gasteiger partial charge in [-0.2, -0.15) is 13.2 Å². The highest BCUT2D eigenvalue weighted by Gasteiger charge is 2.27. The average molecular weight is 339 g/mol. The summed E-state index contributed by atoms with van der Waals surface area (Å²) in [5.74, 6) is 0.210. The van der Waals surface area contributed by atoms with E-state index in [0.717, 1.165) is 0 Å². The zero-order valence-corrected chi connectivity index (χ0v) is 13.1. The van der Waals surface area contributed by atoms with Gasteiger partial charge in [0.15, 0.2) is 0 Å². The number of rotatable bonds is 7. The molecule has 8 heteroatoms. The Morgan fingerprint density at radius 3 is 2.68 bits per heavy atom. The van der Waals surface area contributed by atoms with Crippen molar-refractivity contribution in [2.45, 2.75) is 19.1 Å². The molecule has 0 fully saturated rings. The summed E-state index contributed by atoms with van der Waals surface area (Å²) in [7, 11) is 2.96. The summed E-state index contributed by atoms with van der Waals surface area (Å²) in [4.78, 5) is 13.0. The Bertz CT molecular complexity index is 509. The number of benzene rings is 1. The van der Waals surface area contributed by atoms with Gasteiger partial charge in [-0.15, -0.1) is 0 Å². The molecule has 4 nitrogen and oxygen atoms in total. The van der Waals surface area contributed by atoms with Gasteiger partial charge in [0.25, 0.3) is 0 Å². The number of alkyl halides is 3. The molecule has 1 rings (SSSR count). The summed E-state index contributed by atoms with van der Waals surface area (Å²) in [6, 6.07) is 5.00. The monoisotopic (exact) mass is 338 g/mol. The van der Waals surface area contributed by atoms with Crippen LogP contribution in [0.3, 0.4) is 0 Å². The van der Waals surface area contributed by atoms with E-state index in [1.807, 2.05) is 0 Å². The molecule has 1 N–H and O–H groups in total. The van der Waals surface area contributed by atoms with Crippen molar-refractivity contribution in [3.8, 4) is 5.75 Å². The lowest BCUT2D eigenvalue weighted by Crippen LogP contribution is -2.36. The van der Waals surface area contributed by atoms with E-state index in [1.165, 1.54) is 19.1 Å². The summed E-state index contributed by atoms with van der Waals surface area (Å²) >= 11 is 5.87. The highest BCUT2D eigenvalue weighted by molar-refractivity contribution is 6.30. The third-order valence-electron chi connectivity index (χ3n) is 2.91. The van der Waals surface area contributed by atoms with Crippen molar-refractivity contribution in [2.75, 3.05) is 27.2 Å². The van der Waals surface area contributed by atoms with E-state index in [1.54, 1.807) is 18.2 Å². The molecule has 22 heavy (non-hydrogen) atoms. The summed E-state index contributed by atoms with van der Waals surface area (Å²) in [5, 5.41) is 3.14. The van der Waals surface area contributed by atoms with Crippen LogP contribution in [0, 0.1) is 0 Å². The van der Waals surface area contributed by atoms with Crippen LogP contribution in [0.1, 0.15) is 12.0 Å². The molecule has 1 aromatic rings. The Hall–Kier alpha value is -1.47. The first-order chi connectivity index (χ1) is 10.2. The number of carbonyl (C=O) groups excluding carboxylic acids is 1. The average Bonchev–Trinajstić information content (AvgIpc) is 2.42. The lowest BCUT2D eigenvalue weighted by atomic mass is 10.2. The number of likely N-dealkylation sites (N-methyl/N-ethyl adjacent to an activating group) is 1. The molecule has 0 aliphatic heterocycles. The Morgan fingerprint density at radius 2 is 2.09 bits per heavy atom. The van der Waals surface area contributed by atoms with Crippen molar-refractivity contribution in [2.24, 2.45) is 0 Å².